The molecule has 1 saturated heterocycles. The summed E-state index contributed by atoms with van der Waals surface area (Å²) in [4.78, 5) is 0. The number of benzene rings is 2. The summed E-state index contributed by atoms with van der Waals surface area (Å²) >= 11 is 6.45. The molecule has 0 aromatic heterocycles. The lowest BCUT2D eigenvalue weighted by atomic mass is 9.34. The zero-order valence-electron chi connectivity index (χ0n) is 22.5. The van der Waals surface area contributed by atoms with Gasteiger partial charge in [0.2, 0.25) is 0 Å². The molecule has 7 atom stereocenters. The van der Waals surface area contributed by atoms with E-state index in [4.69, 9.17) is 25.8 Å². The van der Waals surface area contributed by atoms with Crippen molar-refractivity contribution in [2.45, 2.75) is 74.7 Å². The van der Waals surface area contributed by atoms with Crippen molar-refractivity contribution < 1.29 is 23.8 Å². The van der Waals surface area contributed by atoms with Crippen LogP contribution in [0.15, 0.2) is 36.4 Å². The van der Waals surface area contributed by atoms with Crippen molar-refractivity contribution >= 4 is 11.6 Å². The van der Waals surface area contributed by atoms with Gasteiger partial charge in [-0.2, -0.15) is 0 Å². The second-order valence-corrected chi connectivity index (χ2v) is 13.9. The maximum Gasteiger partial charge on any atom is 0.165 e. The molecule has 2 heterocycles. The molecule has 5 fully saturated rings. The van der Waals surface area contributed by atoms with Crippen LogP contribution in [0.25, 0.3) is 0 Å². The number of quaternary nitrogens is 1. The molecule has 2 aliphatic heterocycles. The molecule has 2 spiro atoms. The van der Waals surface area contributed by atoms with Gasteiger partial charge >= 0.3 is 0 Å². The highest BCUT2D eigenvalue weighted by molar-refractivity contribution is 6.31. The lowest BCUT2D eigenvalue weighted by Crippen LogP contribution is -2.83. The van der Waals surface area contributed by atoms with Crippen molar-refractivity contribution in [2.24, 2.45) is 17.3 Å². The lowest BCUT2D eigenvalue weighted by Gasteiger charge is -2.74. The standard InChI is InChI=1S/C32H38ClNO4/c1-34(17-20-7-8-20)14-13-31-27-21-9-10-25(35)28(27)38-29(31)32(36-2)12-11-30(31,26(34)15-21)16-23(32)19-37-18-22-5-3-4-6-24(22)33/h3-6,9-10,20,23,26,29H,7-8,11-19H2,1-2H3/p+1. The number of aromatic hydroxyl groups is 1. The summed E-state index contributed by atoms with van der Waals surface area (Å²) in [6.45, 7) is 3.62. The van der Waals surface area contributed by atoms with Gasteiger partial charge in [-0.25, -0.2) is 0 Å². The molecule has 5 aliphatic carbocycles. The Hall–Kier alpha value is -1.79. The van der Waals surface area contributed by atoms with E-state index in [1.165, 1.54) is 48.0 Å². The zero-order valence-corrected chi connectivity index (χ0v) is 23.3. The van der Waals surface area contributed by atoms with Crippen LogP contribution in [0.5, 0.6) is 11.5 Å². The van der Waals surface area contributed by atoms with Crippen LogP contribution in [0.3, 0.4) is 0 Å². The minimum absolute atomic E-state index is 0.0871. The Morgan fingerprint density at radius 3 is 2.76 bits per heavy atom. The third kappa shape index (κ3) is 2.84. The Balaban J connectivity index is 1.23. The van der Waals surface area contributed by atoms with E-state index in [0.717, 1.165) is 47.9 Å². The topological polar surface area (TPSA) is 47.9 Å². The molecule has 2 aromatic carbocycles. The Bertz CT molecular complexity index is 1310. The summed E-state index contributed by atoms with van der Waals surface area (Å²) in [5, 5.41) is 11.8. The maximum atomic E-state index is 11.0. The van der Waals surface area contributed by atoms with Crippen molar-refractivity contribution in [3.05, 3.63) is 58.1 Å². The zero-order chi connectivity index (χ0) is 25.9. The van der Waals surface area contributed by atoms with Gasteiger partial charge in [-0.05, 0) is 55.4 Å². The third-order valence-electron chi connectivity index (χ3n) is 12.1. The summed E-state index contributed by atoms with van der Waals surface area (Å²) in [6, 6.07) is 12.6. The molecule has 38 heavy (non-hydrogen) atoms. The third-order valence-corrected chi connectivity index (χ3v) is 12.4. The minimum atomic E-state index is -0.427. The van der Waals surface area contributed by atoms with Crippen LogP contribution in [0.4, 0.5) is 0 Å². The number of phenols is 1. The first-order valence-corrected chi connectivity index (χ1v) is 15.0. The summed E-state index contributed by atoms with van der Waals surface area (Å²) in [5.41, 5.74) is 3.37. The monoisotopic (exact) mass is 536 g/mol. The molecular weight excluding hydrogens is 498 g/mol. The molecule has 202 valence electrons. The number of piperidine rings is 1. The van der Waals surface area contributed by atoms with E-state index >= 15 is 0 Å². The van der Waals surface area contributed by atoms with Crippen LogP contribution in [-0.4, -0.2) is 61.2 Å². The largest absolute Gasteiger partial charge is 0.504 e. The number of hydrogen-bond acceptors (Lipinski definition) is 4. The summed E-state index contributed by atoms with van der Waals surface area (Å²) in [6.07, 6.45) is 8.14. The van der Waals surface area contributed by atoms with Crippen molar-refractivity contribution in [2.75, 3.05) is 33.9 Å². The number of likely N-dealkylation sites (tertiary alicyclic amines) is 1. The summed E-state index contributed by atoms with van der Waals surface area (Å²) < 4.78 is 21.2. The number of rotatable bonds is 7. The molecule has 5 nitrogen and oxygen atoms in total. The molecule has 6 heteroatoms. The summed E-state index contributed by atoms with van der Waals surface area (Å²) in [7, 11) is 4.43. The molecule has 2 aromatic rings. The molecule has 4 saturated carbocycles. The van der Waals surface area contributed by atoms with Gasteiger partial charge in [0.25, 0.3) is 0 Å². The number of halogens is 1. The van der Waals surface area contributed by atoms with Crippen LogP contribution < -0.4 is 4.74 Å². The highest BCUT2D eigenvalue weighted by atomic mass is 35.5. The maximum absolute atomic E-state index is 11.0. The van der Waals surface area contributed by atoms with Crippen LogP contribution in [0, 0.1) is 17.3 Å². The predicted molar refractivity (Wildman–Crippen MR) is 146 cm³/mol. The second-order valence-electron chi connectivity index (χ2n) is 13.5. The Labute approximate surface area is 230 Å². The van der Waals surface area contributed by atoms with E-state index in [-0.39, 0.29) is 22.9 Å². The van der Waals surface area contributed by atoms with Gasteiger partial charge < -0.3 is 23.8 Å². The average molecular weight is 537 g/mol. The van der Waals surface area contributed by atoms with Crippen molar-refractivity contribution in [1.29, 1.82) is 0 Å². The fourth-order valence-corrected chi connectivity index (χ4v) is 10.6. The van der Waals surface area contributed by atoms with Gasteiger partial charge in [-0.3, -0.25) is 0 Å². The van der Waals surface area contributed by atoms with Gasteiger partial charge in [0, 0.05) is 47.8 Å². The molecular formula is C32H39ClNO4+. The Morgan fingerprint density at radius 2 is 1.97 bits per heavy atom. The molecule has 9 rings (SSSR count). The average Bonchev–Trinajstić information content (AvgIpc) is 3.64. The Kier molecular flexibility index (Phi) is 5.00. The van der Waals surface area contributed by atoms with Crippen LogP contribution >= 0.6 is 11.6 Å². The second kappa shape index (κ2) is 7.90. The molecule has 1 N–H and O–H groups in total. The smallest absolute Gasteiger partial charge is 0.165 e. The molecule has 7 unspecified atom stereocenters. The molecule has 0 radical (unpaired) electrons. The number of phenolic OH excluding ortho intramolecular Hbond substituents is 1. The SMILES string of the molecule is COC12CCC3(CC1COCc1ccccc1Cl)C1Cc4ccc(O)c5c4C3(CC[N+]1(C)CC1CC1)C2O5. The number of methoxy groups -OCH3 is 1. The first kappa shape index (κ1) is 24.0. The Morgan fingerprint density at radius 1 is 1.13 bits per heavy atom. The van der Waals surface area contributed by atoms with Gasteiger partial charge in [0.15, 0.2) is 11.5 Å². The highest BCUT2D eigenvalue weighted by Gasteiger charge is 2.83. The van der Waals surface area contributed by atoms with Gasteiger partial charge in [-0.1, -0.05) is 35.9 Å². The van der Waals surface area contributed by atoms with E-state index < -0.39 is 5.60 Å². The van der Waals surface area contributed by atoms with Crippen molar-refractivity contribution in [3.63, 3.8) is 0 Å². The van der Waals surface area contributed by atoms with Crippen LogP contribution in [-0.2, 0) is 27.9 Å². The van der Waals surface area contributed by atoms with Crippen LogP contribution in [0.2, 0.25) is 5.02 Å². The van der Waals surface area contributed by atoms with E-state index in [1.54, 1.807) is 0 Å². The molecule has 0 amide bonds. The van der Waals surface area contributed by atoms with Gasteiger partial charge in [0.05, 0.1) is 44.8 Å². The quantitative estimate of drug-likeness (QED) is 0.466. The highest BCUT2D eigenvalue weighted by Crippen LogP contribution is 2.77. The fraction of sp³-hybridized carbons (Fsp3) is 0.625. The summed E-state index contributed by atoms with van der Waals surface area (Å²) in [5.74, 6) is 2.15. The molecule has 4 bridgehead atoms. The van der Waals surface area contributed by atoms with E-state index in [9.17, 15) is 5.11 Å². The van der Waals surface area contributed by atoms with E-state index in [1.807, 2.05) is 37.4 Å². The molecule has 7 aliphatic rings. The minimum Gasteiger partial charge on any atom is -0.504 e. The van der Waals surface area contributed by atoms with Gasteiger partial charge in [-0.15, -0.1) is 0 Å². The number of nitrogens with zero attached hydrogens (tertiary/aromatic N) is 1. The van der Waals surface area contributed by atoms with Crippen molar-refractivity contribution in [1.82, 2.24) is 0 Å². The first-order chi connectivity index (χ1) is 18.4. The number of likely N-dealkylation sites (N-methyl/N-ethyl adjacent to an activating group) is 1. The first-order valence-electron chi connectivity index (χ1n) is 14.6. The van der Waals surface area contributed by atoms with E-state index in [2.05, 4.69) is 13.1 Å². The fourth-order valence-electron chi connectivity index (χ4n) is 10.4. The lowest BCUT2D eigenvalue weighted by molar-refractivity contribution is -0.952. The van der Waals surface area contributed by atoms with Crippen LogP contribution in [0.1, 0.15) is 55.2 Å². The number of ether oxygens (including phenoxy) is 3. The number of fused-ring (bicyclic) bond motifs is 2. The van der Waals surface area contributed by atoms with E-state index in [0.29, 0.717) is 25.0 Å². The number of hydrogen-bond donors (Lipinski definition) is 1. The van der Waals surface area contributed by atoms with Gasteiger partial charge in [0.1, 0.15) is 11.7 Å². The normalized spacial score (nSPS) is 41.6. The van der Waals surface area contributed by atoms with Crippen molar-refractivity contribution in [3.8, 4) is 11.5 Å². The predicted octanol–water partition coefficient (Wildman–Crippen LogP) is 5.63.